The zero-order chi connectivity index (χ0) is 13.3. The summed E-state index contributed by atoms with van der Waals surface area (Å²) in [5, 5.41) is 0. The van der Waals surface area contributed by atoms with E-state index >= 15 is 0 Å². The van der Waals surface area contributed by atoms with Gasteiger partial charge in [0.2, 0.25) is 0 Å². The average molecular weight is 240 g/mol. The van der Waals surface area contributed by atoms with Gasteiger partial charge in [0.25, 0.3) is 0 Å². The predicted molar refractivity (Wildman–Crippen MR) is 79.6 cm³/mol. The molecule has 2 aromatic rings. The molecule has 0 aromatic heterocycles. The molecule has 0 aliphatic heterocycles. The van der Waals surface area contributed by atoms with Crippen LogP contribution in [0.25, 0.3) is 0 Å². The lowest BCUT2D eigenvalue weighted by Gasteiger charge is -2.24. The molecule has 0 atom stereocenters. The first-order valence-corrected chi connectivity index (χ1v) is 6.17. The summed E-state index contributed by atoms with van der Waals surface area (Å²) in [5.41, 5.74) is 13.0. The van der Waals surface area contributed by atoms with E-state index in [9.17, 15) is 0 Å². The van der Waals surface area contributed by atoms with E-state index < -0.39 is 0 Å². The van der Waals surface area contributed by atoms with Gasteiger partial charge in [0.1, 0.15) is 0 Å². The van der Waals surface area contributed by atoms with Crippen LogP contribution >= 0.6 is 0 Å². The number of hydrogen-bond acceptors (Lipinski definition) is 2. The molecule has 2 heteroatoms. The molecule has 0 saturated heterocycles. The van der Waals surface area contributed by atoms with Gasteiger partial charge in [-0.05, 0) is 55.7 Å². The smallest absolute Gasteiger partial charge is 0.0641 e. The Labute approximate surface area is 109 Å². The van der Waals surface area contributed by atoms with Crippen LogP contribution in [0, 0.1) is 20.8 Å². The van der Waals surface area contributed by atoms with Gasteiger partial charge >= 0.3 is 0 Å². The van der Waals surface area contributed by atoms with Crippen LogP contribution in [-0.4, -0.2) is 7.05 Å². The van der Waals surface area contributed by atoms with Gasteiger partial charge in [-0.25, -0.2) is 0 Å². The van der Waals surface area contributed by atoms with E-state index in [1.54, 1.807) is 0 Å². The summed E-state index contributed by atoms with van der Waals surface area (Å²) >= 11 is 0. The molecule has 0 saturated carbocycles. The topological polar surface area (TPSA) is 29.3 Å². The highest BCUT2D eigenvalue weighted by atomic mass is 15.1. The molecule has 0 spiro atoms. The first-order chi connectivity index (χ1) is 8.50. The summed E-state index contributed by atoms with van der Waals surface area (Å²) in [4.78, 5) is 2.15. The standard InChI is InChI=1S/C16H20N2/c1-11-9-13(3)16(10-12(11)2)18(4)15-8-6-5-7-14(15)17/h5-10H,17H2,1-4H3. The number of nitrogen functional groups attached to an aromatic ring is 1. The van der Waals surface area contributed by atoms with Crippen LogP contribution in [0.4, 0.5) is 17.1 Å². The Balaban J connectivity index is 2.50. The zero-order valence-electron chi connectivity index (χ0n) is 11.5. The summed E-state index contributed by atoms with van der Waals surface area (Å²) in [5.74, 6) is 0. The Bertz CT molecular complexity index is 573. The van der Waals surface area contributed by atoms with E-state index in [0.29, 0.717) is 0 Å². The quantitative estimate of drug-likeness (QED) is 0.805. The van der Waals surface area contributed by atoms with Crippen LogP contribution in [0.3, 0.4) is 0 Å². The largest absolute Gasteiger partial charge is 0.397 e. The van der Waals surface area contributed by atoms with Gasteiger partial charge in [0.05, 0.1) is 11.4 Å². The molecule has 2 nitrogen and oxygen atoms in total. The van der Waals surface area contributed by atoms with Gasteiger partial charge < -0.3 is 10.6 Å². The zero-order valence-corrected chi connectivity index (χ0v) is 11.5. The SMILES string of the molecule is Cc1cc(C)c(N(C)c2ccccc2N)cc1C. The van der Waals surface area contributed by atoms with Crippen molar-refractivity contribution in [2.45, 2.75) is 20.8 Å². The minimum Gasteiger partial charge on any atom is -0.397 e. The van der Waals surface area contributed by atoms with Crippen molar-refractivity contribution >= 4 is 17.1 Å². The molecule has 0 amide bonds. The van der Waals surface area contributed by atoms with Crippen molar-refractivity contribution in [1.82, 2.24) is 0 Å². The third-order valence-electron chi connectivity index (χ3n) is 3.47. The lowest BCUT2D eigenvalue weighted by molar-refractivity contribution is 1.17. The number of rotatable bonds is 2. The Kier molecular flexibility index (Phi) is 3.28. The minimum atomic E-state index is 0.803. The summed E-state index contributed by atoms with van der Waals surface area (Å²) in [6, 6.07) is 12.4. The van der Waals surface area contributed by atoms with Gasteiger partial charge in [0.15, 0.2) is 0 Å². The number of para-hydroxylation sites is 2. The molecule has 0 heterocycles. The first kappa shape index (κ1) is 12.5. The molecular formula is C16H20N2. The maximum Gasteiger partial charge on any atom is 0.0641 e. The van der Waals surface area contributed by atoms with Crippen molar-refractivity contribution in [2.75, 3.05) is 17.7 Å². The molecule has 0 radical (unpaired) electrons. The van der Waals surface area contributed by atoms with Gasteiger partial charge in [-0.2, -0.15) is 0 Å². The van der Waals surface area contributed by atoms with Gasteiger partial charge in [0, 0.05) is 12.7 Å². The van der Waals surface area contributed by atoms with Crippen molar-refractivity contribution in [1.29, 1.82) is 0 Å². The highest BCUT2D eigenvalue weighted by molar-refractivity contribution is 5.76. The molecule has 0 bridgehead atoms. The second kappa shape index (κ2) is 4.73. The molecule has 2 N–H and O–H groups in total. The van der Waals surface area contributed by atoms with Gasteiger partial charge in [-0.15, -0.1) is 0 Å². The van der Waals surface area contributed by atoms with Crippen molar-refractivity contribution in [2.24, 2.45) is 0 Å². The number of nitrogens with two attached hydrogens (primary N) is 1. The van der Waals surface area contributed by atoms with Crippen LogP contribution in [0.1, 0.15) is 16.7 Å². The lowest BCUT2D eigenvalue weighted by Crippen LogP contribution is -2.13. The van der Waals surface area contributed by atoms with Gasteiger partial charge in [-0.1, -0.05) is 18.2 Å². The van der Waals surface area contributed by atoms with E-state index in [1.807, 2.05) is 24.3 Å². The second-order valence-corrected chi connectivity index (χ2v) is 4.84. The monoisotopic (exact) mass is 240 g/mol. The van der Waals surface area contributed by atoms with Crippen LogP contribution in [0.2, 0.25) is 0 Å². The molecule has 2 aromatic carbocycles. The lowest BCUT2D eigenvalue weighted by atomic mass is 10.0. The Morgan fingerprint density at radius 1 is 0.833 bits per heavy atom. The van der Waals surface area contributed by atoms with Crippen LogP contribution in [0.15, 0.2) is 36.4 Å². The Morgan fingerprint density at radius 3 is 2.11 bits per heavy atom. The van der Waals surface area contributed by atoms with Crippen molar-refractivity contribution < 1.29 is 0 Å². The summed E-state index contributed by atoms with van der Waals surface area (Å²) < 4.78 is 0. The molecule has 18 heavy (non-hydrogen) atoms. The van der Waals surface area contributed by atoms with E-state index in [0.717, 1.165) is 11.4 Å². The third kappa shape index (κ3) is 2.19. The maximum absolute atomic E-state index is 6.04. The Hall–Kier alpha value is -1.96. The average Bonchev–Trinajstić information content (AvgIpc) is 2.33. The number of anilines is 3. The highest BCUT2D eigenvalue weighted by Gasteiger charge is 2.10. The molecule has 94 valence electrons. The molecule has 0 aliphatic rings. The maximum atomic E-state index is 6.04. The van der Waals surface area contributed by atoms with E-state index in [-0.39, 0.29) is 0 Å². The fraction of sp³-hybridized carbons (Fsp3) is 0.250. The number of benzene rings is 2. The highest BCUT2D eigenvalue weighted by Crippen LogP contribution is 2.32. The predicted octanol–water partition coefficient (Wildman–Crippen LogP) is 3.96. The molecule has 0 aliphatic carbocycles. The van der Waals surface area contributed by atoms with Crippen LogP contribution in [-0.2, 0) is 0 Å². The van der Waals surface area contributed by atoms with Gasteiger partial charge in [-0.3, -0.25) is 0 Å². The normalized spacial score (nSPS) is 10.4. The van der Waals surface area contributed by atoms with Crippen molar-refractivity contribution in [3.63, 3.8) is 0 Å². The molecule has 2 rings (SSSR count). The second-order valence-electron chi connectivity index (χ2n) is 4.84. The fourth-order valence-corrected chi connectivity index (χ4v) is 2.23. The molecule has 0 unspecified atom stereocenters. The van der Waals surface area contributed by atoms with Crippen LogP contribution in [0.5, 0.6) is 0 Å². The Morgan fingerprint density at radius 2 is 1.44 bits per heavy atom. The number of nitrogens with zero attached hydrogens (tertiary/aromatic N) is 1. The molecular weight excluding hydrogens is 220 g/mol. The van der Waals surface area contributed by atoms with E-state index in [2.05, 4.69) is 44.9 Å². The first-order valence-electron chi connectivity index (χ1n) is 6.17. The van der Waals surface area contributed by atoms with Crippen molar-refractivity contribution in [3.8, 4) is 0 Å². The van der Waals surface area contributed by atoms with E-state index in [4.69, 9.17) is 5.73 Å². The molecule has 0 fully saturated rings. The number of aryl methyl sites for hydroxylation is 3. The minimum absolute atomic E-state index is 0.803. The summed E-state index contributed by atoms with van der Waals surface area (Å²) in [6.07, 6.45) is 0. The fourth-order valence-electron chi connectivity index (χ4n) is 2.23. The third-order valence-corrected chi connectivity index (χ3v) is 3.47. The summed E-state index contributed by atoms with van der Waals surface area (Å²) in [7, 11) is 2.06. The van der Waals surface area contributed by atoms with Crippen LogP contribution < -0.4 is 10.6 Å². The summed E-state index contributed by atoms with van der Waals surface area (Å²) in [6.45, 7) is 6.42. The van der Waals surface area contributed by atoms with E-state index in [1.165, 1.54) is 22.4 Å². The number of hydrogen-bond donors (Lipinski definition) is 1. The van der Waals surface area contributed by atoms with Crippen molar-refractivity contribution in [3.05, 3.63) is 53.1 Å².